The number of halogens is 1. The lowest BCUT2D eigenvalue weighted by molar-refractivity contribution is -0.140. The maximum Gasteiger partial charge on any atom is 0.264 e. The second-order valence-electron chi connectivity index (χ2n) is 9.46. The van der Waals surface area contributed by atoms with Crippen molar-refractivity contribution < 1.29 is 22.4 Å². The van der Waals surface area contributed by atoms with Crippen LogP contribution >= 0.6 is 0 Å². The minimum absolute atomic E-state index is 0.0172. The van der Waals surface area contributed by atoms with E-state index in [1.807, 2.05) is 26.8 Å². The number of hydrogen-bond donors (Lipinski definition) is 1. The van der Waals surface area contributed by atoms with Crippen molar-refractivity contribution in [1.82, 2.24) is 10.2 Å². The lowest BCUT2D eigenvalue weighted by Gasteiger charge is -2.33. The van der Waals surface area contributed by atoms with Gasteiger partial charge in [0.25, 0.3) is 10.0 Å². The van der Waals surface area contributed by atoms with Gasteiger partial charge in [-0.15, -0.1) is 0 Å². The molecule has 3 aromatic rings. The highest BCUT2D eigenvalue weighted by molar-refractivity contribution is 7.92. The normalized spacial score (nSPS) is 12.0. The summed E-state index contributed by atoms with van der Waals surface area (Å²) in [6.07, 6.45) is 1.04. The van der Waals surface area contributed by atoms with Crippen LogP contribution in [0.1, 0.15) is 43.4 Å². The third kappa shape index (κ3) is 7.44. The van der Waals surface area contributed by atoms with Gasteiger partial charge in [-0.3, -0.25) is 13.9 Å². The molecule has 0 spiro atoms. The van der Waals surface area contributed by atoms with E-state index >= 15 is 0 Å². The monoisotopic (exact) mass is 553 g/mol. The van der Waals surface area contributed by atoms with Gasteiger partial charge < -0.3 is 10.2 Å². The van der Waals surface area contributed by atoms with Crippen molar-refractivity contribution in [2.75, 3.05) is 17.4 Å². The van der Waals surface area contributed by atoms with Crippen LogP contribution < -0.4 is 9.62 Å². The first-order valence-electron chi connectivity index (χ1n) is 13.0. The van der Waals surface area contributed by atoms with Crippen LogP contribution in [0.2, 0.25) is 0 Å². The number of nitrogens with zero attached hydrogens (tertiary/aromatic N) is 2. The molecular weight excluding hydrogens is 517 g/mol. The number of anilines is 1. The number of aryl methyl sites for hydroxylation is 2. The van der Waals surface area contributed by atoms with Crippen molar-refractivity contribution in [1.29, 1.82) is 0 Å². The molecule has 3 rings (SSSR count). The van der Waals surface area contributed by atoms with Crippen molar-refractivity contribution in [2.24, 2.45) is 0 Å². The van der Waals surface area contributed by atoms with E-state index in [2.05, 4.69) is 5.32 Å². The molecule has 1 N–H and O–H groups in total. The van der Waals surface area contributed by atoms with Gasteiger partial charge in [-0.05, 0) is 79.8 Å². The molecule has 2 amide bonds. The van der Waals surface area contributed by atoms with Crippen LogP contribution in [0.4, 0.5) is 10.1 Å². The Hall–Kier alpha value is -3.72. The average molecular weight is 554 g/mol. The Labute approximate surface area is 230 Å². The summed E-state index contributed by atoms with van der Waals surface area (Å²) in [6.45, 7) is 7.47. The Kier molecular flexibility index (Phi) is 10.2. The summed E-state index contributed by atoms with van der Waals surface area (Å²) in [5.41, 5.74) is 2.83. The second-order valence-corrected chi connectivity index (χ2v) is 11.3. The topological polar surface area (TPSA) is 86.8 Å². The summed E-state index contributed by atoms with van der Waals surface area (Å²) in [6, 6.07) is 18.0. The molecule has 0 aromatic heterocycles. The molecule has 0 aliphatic rings. The van der Waals surface area contributed by atoms with Crippen molar-refractivity contribution in [2.45, 2.75) is 58.0 Å². The van der Waals surface area contributed by atoms with Crippen molar-refractivity contribution >= 4 is 27.5 Å². The maximum absolute atomic E-state index is 14.0. The van der Waals surface area contributed by atoms with Crippen LogP contribution in [0.5, 0.6) is 0 Å². The average Bonchev–Trinajstić information content (AvgIpc) is 2.93. The van der Waals surface area contributed by atoms with Crippen LogP contribution in [0.25, 0.3) is 0 Å². The van der Waals surface area contributed by atoms with E-state index in [1.54, 1.807) is 49.4 Å². The highest BCUT2D eigenvalue weighted by Crippen LogP contribution is 2.26. The van der Waals surface area contributed by atoms with Crippen molar-refractivity contribution in [3.63, 3.8) is 0 Å². The van der Waals surface area contributed by atoms with E-state index < -0.39 is 34.3 Å². The van der Waals surface area contributed by atoms with Gasteiger partial charge in [-0.2, -0.15) is 0 Å². The Morgan fingerprint density at radius 2 is 1.59 bits per heavy atom. The third-order valence-electron chi connectivity index (χ3n) is 6.59. The number of carbonyl (C=O) groups is 2. The molecule has 0 fully saturated rings. The van der Waals surface area contributed by atoms with E-state index in [0.29, 0.717) is 24.2 Å². The van der Waals surface area contributed by atoms with Gasteiger partial charge in [-0.25, -0.2) is 12.8 Å². The van der Waals surface area contributed by atoms with Crippen molar-refractivity contribution in [3.05, 3.63) is 95.3 Å². The molecule has 0 aliphatic heterocycles. The summed E-state index contributed by atoms with van der Waals surface area (Å²) >= 11 is 0. The summed E-state index contributed by atoms with van der Waals surface area (Å²) in [5.74, 6) is -1.28. The molecule has 9 heteroatoms. The standard InChI is InChI=1S/C30H36FN3O4S/c1-5-18-32-30(36)28(6-2)33(20-24-13-15-25(31)16-14-24)29(35)21-34(26-17-12-22(3)23(4)19-26)39(37,38)27-10-8-7-9-11-27/h7-17,19,28H,5-6,18,20-21H2,1-4H3,(H,32,36)/t28-/m1/s1. The van der Waals surface area contributed by atoms with Gasteiger partial charge in [0.15, 0.2) is 0 Å². The number of hydrogen-bond acceptors (Lipinski definition) is 4. The zero-order chi connectivity index (χ0) is 28.6. The molecule has 0 saturated carbocycles. The van der Waals surface area contributed by atoms with Gasteiger partial charge in [0.05, 0.1) is 10.6 Å². The molecule has 0 aliphatic carbocycles. The summed E-state index contributed by atoms with van der Waals surface area (Å²) in [7, 11) is -4.12. The summed E-state index contributed by atoms with van der Waals surface area (Å²) in [4.78, 5) is 28.5. The molecule has 39 heavy (non-hydrogen) atoms. The van der Waals surface area contributed by atoms with Gasteiger partial charge in [-0.1, -0.05) is 50.2 Å². The van der Waals surface area contributed by atoms with E-state index in [1.165, 1.54) is 29.2 Å². The molecule has 0 bridgehead atoms. The Bertz CT molecular complexity index is 1380. The fraction of sp³-hybridized carbons (Fsp3) is 0.333. The number of nitrogens with one attached hydrogen (secondary N) is 1. The van der Waals surface area contributed by atoms with Crippen molar-refractivity contribution in [3.8, 4) is 0 Å². The van der Waals surface area contributed by atoms with E-state index in [9.17, 15) is 22.4 Å². The Morgan fingerprint density at radius 1 is 0.923 bits per heavy atom. The molecule has 3 aromatic carbocycles. The van der Waals surface area contributed by atoms with Crippen LogP contribution in [0, 0.1) is 19.7 Å². The Balaban J connectivity index is 2.06. The molecule has 0 saturated heterocycles. The van der Waals surface area contributed by atoms with E-state index in [0.717, 1.165) is 21.9 Å². The summed E-state index contributed by atoms with van der Waals surface area (Å²) in [5, 5.41) is 2.84. The molecular formula is C30H36FN3O4S. The smallest absolute Gasteiger partial charge is 0.264 e. The Morgan fingerprint density at radius 3 is 2.18 bits per heavy atom. The number of rotatable bonds is 12. The highest BCUT2D eigenvalue weighted by Gasteiger charge is 2.33. The first kappa shape index (κ1) is 29.8. The molecule has 208 valence electrons. The SMILES string of the molecule is CCCNC(=O)[C@@H](CC)N(Cc1ccc(F)cc1)C(=O)CN(c1ccc(C)c(C)c1)S(=O)(=O)c1ccccc1. The number of amides is 2. The fourth-order valence-corrected chi connectivity index (χ4v) is 5.63. The first-order chi connectivity index (χ1) is 18.6. The number of benzene rings is 3. The zero-order valence-corrected chi connectivity index (χ0v) is 23.7. The van der Waals surface area contributed by atoms with Gasteiger partial charge >= 0.3 is 0 Å². The first-order valence-corrected chi connectivity index (χ1v) is 14.5. The number of sulfonamides is 1. The predicted octanol–water partition coefficient (Wildman–Crippen LogP) is 4.97. The quantitative estimate of drug-likeness (QED) is 0.343. The van der Waals surface area contributed by atoms with Gasteiger partial charge in [0, 0.05) is 13.1 Å². The lowest BCUT2D eigenvalue weighted by atomic mass is 10.1. The largest absolute Gasteiger partial charge is 0.354 e. The van der Waals surface area contributed by atoms with Gasteiger partial charge in [0.1, 0.15) is 18.4 Å². The molecule has 7 nitrogen and oxygen atoms in total. The minimum atomic E-state index is -4.12. The molecule has 0 heterocycles. The molecule has 0 unspecified atom stereocenters. The predicted molar refractivity (Wildman–Crippen MR) is 151 cm³/mol. The summed E-state index contributed by atoms with van der Waals surface area (Å²) < 4.78 is 42.3. The molecule has 0 radical (unpaired) electrons. The third-order valence-corrected chi connectivity index (χ3v) is 8.38. The maximum atomic E-state index is 14.0. The number of carbonyl (C=O) groups excluding carboxylic acids is 2. The fourth-order valence-electron chi connectivity index (χ4n) is 4.20. The van der Waals surface area contributed by atoms with E-state index in [-0.39, 0.29) is 17.3 Å². The lowest BCUT2D eigenvalue weighted by Crippen LogP contribution is -2.52. The van der Waals surface area contributed by atoms with Crippen LogP contribution in [0.3, 0.4) is 0 Å². The van der Waals surface area contributed by atoms with Crippen LogP contribution in [-0.2, 0) is 26.2 Å². The van der Waals surface area contributed by atoms with Crippen LogP contribution in [-0.4, -0.2) is 44.3 Å². The second kappa shape index (κ2) is 13.4. The molecule has 1 atom stereocenters. The van der Waals surface area contributed by atoms with Gasteiger partial charge in [0.2, 0.25) is 11.8 Å². The van der Waals surface area contributed by atoms with E-state index in [4.69, 9.17) is 0 Å². The zero-order valence-electron chi connectivity index (χ0n) is 22.9. The minimum Gasteiger partial charge on any atom is -0.354 e. The highest BCUT2D eigenvalue weighted by atomic mass is 32.2. The van der Waals surface area contributed by atoms with Crippen LogP contribution in [0.15, 0.2) is 77.7 Å².